The highest BCUT2D eigenvalue weighted by Gasteiger charge is 2.11. The van der Waals surface area contributed by atoms with E-state index in [2.05, 4.69) is 30.9 Å². The van der Waals surface area contributed by atoms with Gasteiger partial charge in [0.25, 0.3) is 5.91 Å². The minimum Gasteiger partial charge on any atom is -0.347 e. The molecule has 142 valence electrons. The maximum Gasteiger partial charge on any atom is 0.270 e. The van der Waals surface area contributed by atoms with E-state index in [-0.39, 0.29) is 17.5 Å². The van der Waals surface area contributed by atoms with Crippen molar-refractivity contribution < 1.29 is 9.59 Å². The monoisotopic (exact) mass is 376 g/mol. The van der Waals surface area contributed by atoms with Crippen molar-refractivity contribution in [3.63, 3.8) is 0 Å². The number of hydrogen-bond acceptors (Lipinski definition) is 6. The number of nitrogens with zero attached hydrogens (tertiary/aromatic N) is 3. The third kappa shape index (κ3) is 5.34. The summed E-state index contributed by atoms with van der Waals surface area (Å²) >= 11 is 0. The molecule has 0 radical (unpaired) electrons. The molecule has 0 aliphatic rings. The molecular formula is C20H20N6O2. The van der Waals surface area contributed by atoms with Gasteiger partial charge >= 0.3 is 0 Å². The molecule has 2 heterocycles. The summed E-state index contributed by atoms with van der Waals surface area (Å²) in [5.41, 5.74) is 3.16. The van der Waals surface area contributed by atoms with Crippen molar-refractivity contribution in [2.24, 2.45) is 0 Å². The first-order chi connectivity index (χ1) is 13.5. The zero-order chi connectivity index (χ0) is 19.9. The number of nitrogens with one attached hydrogen (secondary N) is 3. The van der Waals surface area contributed by atoms with Crippen LogP contribution >= 0.6 is 0 Å². The number of carbonyl (C=O) groups is 2. The average Bonchev–Trinajstić information content (AvgIpc) is 2.66. The highest BCUT2D eigenvalue weighted by atomic mass is 16.2. The van der Waals surface area contributed by atoms with E-state index >= 15 is 0 Å². The van der Waals surface area contributed by atoms with Gasteiger partial charge in [0.15, 0.2) is 0 Å². The Labute approximate surface area is 162 Å². The van der Waals surface area contributed by atoms with Crippen LogP contribution in [-0.2, 0) is 11.3 Å². The third-order valence-corrected chi connectivity index (χ3v) is 3.70. The number of amides is 2. The summed E-state index contributed by atoms with van der Waals surface area (Å²) in [6.45, 7) is 3.59. The molecule has 8 nitrogen and oxygen atoms in total. The van der Waals surface area contributed by atoms with E-state index in [1.807, 2.05) is 18.2 Å². The third-order valence-electron chi connectivity index (χ3n) is 3.70. The molecule has 2 aromatic heterocycles. The van der Waals surface area contributed by atoms with Crippen molar-refractivity contribution in [1.82, 2.24) is 20.3 Å². The number of anilines is 3. The minimum atomic E-state index is -0.301. The maximum atomic E-state index is 12.5. The van der Waals surface area contributed by atoms with Crippen LogP contribution < -0.4 is 16.0 Å². The minimum absolute atomic E-state index is 0.156. The molecule has 0 unspecified atom stereocenters. The summed E-state index contributed by atoms with van der Waals surface area (Å²) < 4.78 is 0. The fourth-order valence-electron chi connectivity index (χ4n) is 2.52. The number of rotatable bonds is 6. The predicted molar refractivity (Wildman–Crippen MR) is 106 cm³/mol. The predicted octanol–water partition coefficient (Wildman–Crippen LogP) is 2.81. The normalized spacial score (nSPS) is 10.2. The Morgan fingerprint density at radius 1 is 1.04 bits per heavy atom. The zero-order valence-corrected chi connectivity index (χ0v) is 15.6. The van der Waals surface area contributed by atoms with Gasteiger partial charge in [-0.1, -0.05) is 12.1 Å². The highest BCUT2D eigenvalue weighted by molar-refractivity contribution is 5.92. The lowest BCUT2D eigenvalue weighted by atomic mass is 10.2. The van der Waals surface area contributed by atoms with Crippen LogP contribution in [0.25, 0.3) is 0 Å². The van der Waals surface area contributed by atoms with Crippen LogP contribution in [0.2, 0.25) is 0 Å². The molecule has 1 aromatic carbocycles. The van der Waals surface area contributed by atoms with Gasteiger partial charge in [0.05, 0.1) is 0 Å². The molecule has 3 aromatic rings. The molecule has 3 N–H and O–H groups in total. The van der Waals surface area contributed by atoms with Gasteiger partial charge in [-0.15, -0.1) is 0 Å². The SMILES string of the molecule is CC(=O)Nc1cccc(Nc2nc(C)cc(C(=O)NCc3cccnc3)n2)c1. The molecule has 0 fully saturated rings. The van der Waals surface area contributed by atoms with Gasteiger partial charge in [0, 0.05) is 42.9 Å². The molecule has 8 heteroatoms. The molecule has 28 heavy (non-hydrogen) atoms. The summed E-state index contributed by atoms with van der Waals surface area (Å²) in [6, 6.07) is 12.5. The van der Waals surface area contributed by atoms with Crippen molar-refractivity contribution in [1.29, 1.82) is 0 Å². The van der Waals surface area contributed by atoms with Crippen LogP contribution in [0.4, 0.5) is 17.3 Å². The number of aryl methyl sites for hydroxylation is 1. The zero-order valence-electron chi connectivity index (χ0n) is 15.6. The second-order valence-electron chi connectivity index (χ2n) is 6.15. The molecule has 0 aliphatic carbocycles. The van der Waals surface area contributed by atoms with Crippen LogP contribution in [0.15, 0.2) is 54.9 Å². The van der Waals surface area contributed by atoms with Gasteiger partial charge in [-0.05, 0) is 42.8 Å². The van der Waals surface area contributed by atoms with Crippen molar-refractivity contribution in [2.45, 2.75) is 20.4 Å². The molecule has 0 atom stereocenters. The highest BCUT2D eigenvalue weighted by Crippen LogP contribution is 2.18. The van der Waals surface area contributed by atoms with E-state index in [0.717, 1.165) is 5.56 Å². The van der Waals surface area contributed by atoms with Crippen LogP contribution in [0.5, 0.6) is 0 Å². The van der Waals surface area contributed by atoms with Gasteiger partial charge in [-0.2, -0.15) is 0 Å². The van der Waals surface area contributed by atoms with Gasteiger partial charge in [0.1, 0.15) is 5.69 Å². The first kappa shape index (κ1) is 19.0. The molecule has 0 saturated heterocycles. The van der Waals surface area contributed by atoms with Gasteiger partial charge < -0.3 is 16.0 Å². The van der Waals surface area contributed by atoms with Crippen molar-refractivity contribution in [2.75, 3.05) is 10.6 Å². The number of carbonyl (C=O) groups excluding carboxylic acids is 2. The van der Waals surface area contributed by atoms with Gasteiger partial charge in [0.2, 0.25) is 11.9 Å². The number of pyridine rings is 1. The Morgan fingerprint density at radius 2 is 1.86 bits per heavy atom. The number of aromatic nitrogens is 3. The van der Waals surface area contributed by atoms with E-state index in [0.29, 0.717) is 29.6 Å². The Hall–Kier alpha value is -3.81. The summed E-state index contributed by atoms with van der Waals surface area (Å²) in [7, 11) is 0. The molecule has 0 saturated carbocycles. The number of benzene rings is 1. The second-order valence-corrected chi connectivity index (χ2v) is 6.15. The fraction of sp³-hybridized carbons (Fsp3) is 0.150. The molecule has 3 rings (SSSR count). The number of hydrogen-bond donors (Lipinski definition) is 3. The fourth-order valence-corrected chi connectivity index (χ4v) is 2.52. The first-order valence-electron chi connectivity index (χ1n) is 8.67. The van der Waals surface area contributed by atoms with Crippen LogP contribution in [0.3, 0.4) is 0 Å². The molecular weight excluding hydrogens is 356 g/mol. The lowest BCUT2D eigenvalue weighted by Crippen LogP contribution is -2.24. The molecule has 2 amide bonds. The quantitative estimate of drug-likeness (QED) is 0.610. The summed E-state index contributed by atoms with van der Waals surface area (Å²) in [4.78, 5) is 36.3. The van der Waals surface area contributed by atoms with E-state index < -0.39 is 0 Å². The standard InChI is InChI=1S/C20H20N6O2/c1-13-9-18(19(28)22-12-15-5-4-8-21-11-15)26-20(23-13)25-17-7-3-6-16(10-17)24-14(2)27/h3-11H,12H2,1-2H3,(H,22,28)(H,24,27)(H,23,25,26). The summed E-state index contributed by atoms with van der Waals surface area (Å²) in [5, 5.41) is 8.60. The maximum absolute atomic E-state index is 12.5. The van der Waals surface area contributed by atoms with Gasteiger partial charge in [-0.3, -0.25) is 14.6 Å². The molecule has 0 bridgehead atoms. The van der Waals surface area contributed by atoms with E-state index in [1.54, 1.807) is 43.6 Å². The lowest BCUT2D eigenvalue weighted by molar-refractivity contribution is -0.114. The summed E-state index contributed by atoms with van der Waals surface area (Å²) in [5.74, 6) is -0.160. The molecule has 0 spiro atoms. The topological polar surface area (TPSA) is 109 Å². The molecule has 0 aliphatic heterocycles. The van der Waals surface area contributed by atoms with Crippen LogP contribution in [0, 0.1) is 6.92 Å². The van der Waals surface area contributed by atoms with E-state index in [1.165, 1.54) is 6.92 Å². The Kier molecular flexibility index (Phi) is 5.91. The van der Waals surface area contributed by atoms with Crippen LogP contribution in [-0.4, -0.2) is 26.8 Å². The smallest absolute Gasteiger partial charge is 0.270 e. The van der Waals surface area contributed by atoms with Crippen molar-refractivity contribution in [3.8, 4) is 0 Å². The van der Waals surface area contributed by atoms with E-state index in [4.69, 9.17) is 0 Å². The van der Waals surface area contributed by atoms with Gasteiger partial charge in [-0.25, -0.2) is 9.97 Å². The van der Waals surface area contributed by atoms with Crippen molar-refractivity contribution >= 4 is 29.1 Å². The largest absolute Gasteiger partial charge is 0.347 e. The second kappa shape index (κ2) is 8.72. The Morgan fingerprint density at radius 3 is 2.61 bits per heavy atom. The van der Waals surface area contributed by atoms with Crippen LogP contribution in [0.1, 0.15) is 28.7 Å². The average molecular weight is 376 g/mol. The first-order valence-corrected chi connectivity index (χ1v) is 8.67. The Balaban J connectivity index is 1.72. The Bertz CT molecular complexity index is 991. The van der Waals surface area contributed by atoms with E-state index in [9.17, 15) is 9.59 Å². The summed E-state index contributed by atoms with van der Waals surface area (Å²) in [6.07, 6.45) is 3.37. The lowest BCUT2D eigenvalue weighted by Gasteiger charge is -2.10. The van der Waals surface area contributed by atoms with Crippen molar-refractivity contribution in [3.05, 3.63) is 71.8 Å².